The van der Waals surface area contributed by atoms with Crippen molar-refractivity contribution in [2.24, 2.45) is 10.7 Å². The molecule has 0 atom stereocenters. The van der Waals surface area contributed by atoms with Crippen LogP contribution < -0.4 is 11.4 Å². The number of carbonyl (C=O) groups excluding carboxylic acids is 1. The van der Waals surface area contributed by atoms with Crippen molar-refractivity contribution in [3.05, 3.63) is 22.5 Å². The molecule has 0 aromatic carbocycles. The number of aliphatic imine (C=N–C) groups is 1. The van der Waals surface area contributed by atoms with E-state index in [1.165, 1.54) is 13.4 Å². The van der Waals surface area contributed by atoms with Gasteiger partial charge in [-0.1, -0.05) is 25.0 Å². The fraction of sp³-hybridized carbons (Fsp3) is 0.385. The minimum absolute atomic E-state index is 0.0127. The van der Waals surface area contributed by atoms with E-state index < -0.39 is 11.7 Å². The summed E-state index contributed by atoms with van der Waals surface area (Å²) in [4.78, 5) is 30.8. The van der Waals surface area contributed by atoms with Gasteiger partial charge in [-0.25, -0.2) is 14.2 Å². The molecule has 2 aromatic rings. The molecule has 23 heavy (non-hydrogen) atoms. The van der Waals surface area contributed by atoms with E-state index in [9.17, 15) is 9.59 Å². The first kappa shape index (κ1) is 17.8. The molecule has 0 unspecified atom stereocenters. The van der Waals surface area contributed by atoms with Gasteiger partial charge in [0.15, 0.2) is 11.3 Å². The number of aromatic nitrogens is 5. The van der Waals surface area contributed by atoms with E-state index in [2.05, 4.69) is 30.9 Å². The van der Waals surface area contributed by atoms with Crippen LogP contribution in [0.5, 0.6) is 0 Å². The zero-order valence-corrected chi connectivity index (χ0v) is 13.1. The summed E-state index contributed by atoms with van der Waals surface area (Å²) in [6.07, 6.45) is 6.35. The zero-order valence-electron chi connectivity index (χ0n) is 13.1. The first-order valence-electron chi connectivity index (χ1n) is 6.70. The number of terminal acetylenes is 1. The number of rotatable bonds is 4. The Morgan fingerprint density at radius 1 is 1.52 bits per heavy atom. The van der Waals surface area contributed by atoms with Crippen LogP contribution in [0.25, 0.3) is 5.65 Å². The van der Waals surface area contributed by atoms with Gasteiger partial charge in [0.1, 0.15) is 25.3 Å². The Bertz CT molecular complexity index is 813. The standard InChI is InChI=1S/C11H11N7O3.C2H6/c1-3-4-18-11(20)17-6-14-8(10(17)15-16-18)9(12)13-5-7(19)21-2;1-2/h1,6H,4-5H2,2H3,(H2,12,13);1-2H3. The normalized spacial score (nSPS) is 10.6. The van der Waals surface area contributed by atoms with Crippen molar-refractivity contribution < 1.29 is 9.53 Å². The Labute approximate surface area is 132 Å². The molecule has 0 fully saturated rings. The Kier molecular flexibility index (Phi) is 6.42. The number of nitrogens with two attached hydrogens (primary N) is 1. The molecular weight excluding hydrogens is 302 g/mol. The summed E-state index contributed by atoms with van der Waals surface area (Å²) in [5, 5.41) is 7.50. The van der Waals surface area contributed by atoms with Gasteiger partial charge < -0.3 is 10.5 Å². The maximum Gasteiger partial charge on any atom is 0.353 e. The minimum atomic E-state index is -0.552. The Morgan fingerprint density at radius 2 is 2.22 bits per heavy atom. The van der Waals surface area contributed by atoms with E-state index in [0.29, 0.717) is 0 Å². The Balaban J connectivity index is 0.00000127. The van der Waals surface area contributed by atoms with Crippen molar-refractivity contribution >= 4 is 17.5 Å². The molecule has 0 radical (unpaired) electrons. The fourth-order valence-corrected chi connectivity index (χ4v) is 1.49. The van der Waals surface area contributed by atoms with Gasteiger partial charge in [0.25, 0.3) is 0 Å². The van der Waals surface area contributed by atoms with Crippen molar-refractivity contribution in [1.29, 1.82) is 0 Å². The summed E-state index contributed by atoms with van der Waals surface area (Å²) in [7, 11) is 1.24. The van der Waals surface area contributed by atoms with Crippen LogP contribution in [0.15, 0.2) is 16.1 Å². The number of hydrogen-bond acceptors (Lipinski definition) is 7. The molecule has 10 heteroatoms. The number of amidine groups is 1. The number of hydrogen-bond donors (Lipinski definition) is 1. The van der Waals surface area contributed by atoms with Gasteiger partial charge in [-0.15, -0.1) is 11.5 Å². The highest BCUT2D eigenvalue weighted by Crippen LogP contribution is 2.02. The highest BCUT2D eigenvalue weighted by atomic mass is 16.5. The highest BCUT2D eigenvalue weighted by molar-refractivity contribution is 6.01. The van der Waals surface area contributed by atoms with Gasteiger partial charge in [-0.05, 0) is 0 Å². The number of ether oxygens (including phenoxy) is 1. The van der Waals surface area contributed by atoms with E-state index in [1.54, 1.807) is 0 Å². The molecule has 122 valence electrons. The Hall–Kier alpha value is -3.22. The van der Waals surface area contributed by atoms with Crippen molar-refractivity contribution in [2.75, 3.05) is 13.7 Å². The van der Waals surface area contributed by atoms with Crippen LogP contribution in [-0.4, -0.2) is 49.8 Å². The van der Waals surface area contributed by atoms with Crippen LogP contribution >= 0.6 is 0 Å². The van der Waals surface area contributed by atoms with Crippen LogP contribution in [0.3, 0.4) is 0 Å². The third kappa shape index (κ3) is 3.91. The van der Waals surface area contributed by atoms with E-state index in [1.807, 2.05) is 13.8 Å². The first-order valence-corrected chi connectivity index (χ1v) is 6.70. The lowest BCUT2D eigenvalue weighted by Crippen LogP contribution is -2.30. The largest absolute Gasteiger partial charge is 0.468 e. The van der Waals surface area contributed by atoms with Crippen LogP contribution in [0.1, 0.15) is 19.5 Å². The maximum absolute atomic E-state index is 12.0. The SMILES string of the molecule is C#CCn1nnc2c(C(N)=NCC(=O)OC)ncn2c1=O.CC. The van der Waals surface area contributed by atoms with Gasteiger partial charge in [-0.3, -0.25) is 9.79 Å². The summed E-state index contributed by atoms with van der Waals surface area (Å²) in [6, 6.07) is 0. The molecule has 0 saturated heterocycles. The van der Waals surface area contributed by atoms with Crippen molar-refractivity contribution in [3.8, 4) is 12.3 Å². The molecule has 0 aliphatic rings. The molecule has 2 heterocycles. The molecule has 2 aromatic heterocycles. The maximum atomic E-state index is 12.0. The Morgan fingerprint density at radius 3 is 2.83 bits per heavy atom. The summed E-state index contributed by atoms with van der Waals surface area (Å²) < 4.78 is 6.58. The lowest BCUT2D eigenvalue weighted by Gasteiger charge is -2.00. The first-order chi connectivity index (χ1) is 11.1. The van der Waals surface area contributed by atoms with Gasteiger partial charge in [-0.2, -0.15) is 4.68 Å². The molecule has 2 N–H and O–H groups in total. The predicted octanol–water partition coefficient (Wildman–Crippen LogP) is -1.18. The lowest BCUT2D eigenvalue weighted by molar-refractivity contribution is -0.138. The van der Waals surface area contributed by atoms with E-state index in [0.717, 1.165) is 9.08 Å². The van der Waals surface area contributed by atoms with Crippen LogP contribution in [-0.2, 0) is 16.1 Å². The number of methoxy groups -OCH3 is 1. The van der Waals surface area contributed by atoms with Crippen molar-refractivity contribution in [3.63, 3.8) is 0 Å². The van der Waals surface area contributed by atoms with Crippen LogP contribution in [0, 0.1) is 12.3 Å². The number of nitrogens with zero attached hydrogens (tertiary/aromatic N) is 6. The van der Waals surface area contributed by atoms with Crippen LogP contribution in [0.4, 0.5) is 0 Å². The number of carbonyl (C=O) groups is 1. The van der Waals surface area contributed by atoms with E-state index >= 15 is 0 Å². The summed E-state index contributed by atoms with van der Waals surface area (Å²) in [6.45, 7) is 3.73. The minimum Gasteiger partial charge on any atom is -0.468 e. The van der Waals surface area contributed by atoms with Crippen LogP contribution in [0.2, 0.25) is 0 Å². The third-order valence-electron chi connectivity index (χ3n) is 2.51. The van der Waals surface area contributed by atoms with Crippen molar-refractivity contribution in [2.45, 2.75) is 20.4 Å². The topological polar surface area (TPSA) is 130 Å². The average molecular weight is 319 g/mol. The molecule has 0 spiro atoms. The molecule has 2 rings (SSSR count). The fourth-order valence-electron chi connectivity index (χ4n) is 1.49. The molecule has 0 saturated carbocycles. The molecule has 0 bridgehead atoms. The van der Waals surface area contributed by atoms with Crippen molar-refractivity contribution in [1.82, 2.24) is 24.4 Å². The van der Waals surface area contributed by atoms with E-state index in [4.69, 9.17) is 12.2 Å². The molecule has 0 amide bonds. The summed E-state index contributed by atoms with van der Waals surface area (Å²) in [5.41, 5.74) is 5.48. The zero-order chi connectivity index (χ0) is 17.4. The smallest absolute Gasteiger partial charge is 0.353 e. The predicted molar refractivity (Wildman–Crippen MR) is 82.8 cm³/mol. The number of fused-ring (bicyclic) bond motifs is 1. The second-order valence-corrected chi connectivity index (χ2v) is 3.80. The van der Waals surface area contributed by atoms with Gasteiger partial charge in [0.2, 0.25) is 0 Å². The third-order valence-corrected chi connectivity index (χ3v) is 2.51. The lowest BCUT2D eigenvalue weighted by atomic mass is 10.4. The summed E-state index contributed by atoms with van der Waals surface area (Å²) >= 11 is 0. The molecular formula is C13H17N7O3. The summed E-state index contributed by atoms with van der Waals surface area (Å²) in [5.74, 6) is 1.68. The highest BCUT2D eigenvalue weighted by Gasteiger charge is 2.14. The van der Waals surface area contributed by atoms with E-state index in [-0.39, 0.29) is 30.3 Å². The number of esters is 1. The number of imidazole rings is 1. The van der Waals surface area contributed by atoms with Gasteiger partial charge >= 0.3 is 11.7 Å². The van der Waals surface area contributed by atoms with Gasteiger partial charge in [0.05, 0.1) is 7.11 Å². The molecule has 0 aliphatic heterocycles. The van der Waals surface area contributed by atoms with Gasteiger partial charge in [0, 0.05) is 0 Å². The average Bonchev–Trinajstić information content (AvgIpc) is 3.01. The second-order valence-electron chi connectivity index (χ2n) is 3.80. The molecule has 10 nitrogen and oxygen atoms in total. The monoisotopic (exact) mass is 319 g/mol. The second kappa shape index (κ2) is 8.28. The quantitative estimate of drug-likeness (QED) is 0.325. The molecule has 0 aliphatic carbocycles.